The summed E-state index contributed by atoms with van der Waals surface area (Å²) in [5.41, 5.74) is 0.531. The summed E-state index contributed by atoms with van der Waals surface area (Å²) in [6.07, 6.45) is 0.528. The van der Waals surface area contributed by atoms with Crippen LogP contribution in [-0.2, 0) is 6.42 Å². The maximum absolute atomic E-state index is 13.7. The first-order valence-electron chi connectivity index (χ1n) is 6.58. The molecule has 5 heteroatoms. The van der Waals surface area contributed by atoms with E-state index in [9.17, 15) is 8.78 Å². The average Bonchev–Trinajstić information content (AvgIpc) is 2.47. The Hall–Kier alpha value is -0.910. The Morgan fingerprint density at radius 1 is 1.19 bits per heavy atom. The SMILES string of the molecule is CNC(CSc1ccccc1Br)Cc1ccc(F)cc1F. The molecule has 0 saturated heterocycles. The van der Waals surface area contributed by atoms with Gasteiger partial charge in [-0.3, -0.25) is 0 Å². The highest BCUT2D eigenvalue weighted by atomic mass is 79.9. The monoisotopic (exact) mass is 371 g/mol. The molecule has 1 N–H and O–H groups in total. The molecule has 0 saturated carbocycles. The van der Waals surface area contributed by atoms with Gasteiger partial charge in [-0.2, -0.15) is 0 Å². The molecule has 0 bridgehead atoms. The van der Waals surface area contributed by atoms with Crippen LogP contribution in [-0.4, -0.2) is 18.8 Å². The molecule has 1 nitrogen and oxygen atoms in total. The Bertz CT molecular complexity index is 607. The zero-order valence-electron chi connectivity index (χ0n) is 11.6. The van der Waals surface area contributed by atoms with Crippen molar-refractivity contribution in [2.75, 3.05) is 12.8 Å². The lowest BCUT2D eigenvalue weighted by atomic mass is 10.1. The van der Waals surface area contributed by atoms with E-state index in [1.165, 1.54) is 12.1 Å². The van der Waals surface area contributed by atoms with Crippen LogP contribution in [0.1, 0.15) is 5.56 Å². The summed E-state index contributed by atoms with van der Waals surface area (Å²) in [5, 5.41) is 3.19. The molecule has 0 aromatic heterocycles. The van der Waals surface area contributed by atoms with E-state index in [1.807, 2.05) is 31.3 Å². The number of rotatable bonds is 6. The minimum Gasteiger partial charge on any atom is -0.316 e. The molecule has 0 aliphatic rings. The van der Waals surface area contributed by atoms with E-state index in [4.69, 9.17) is 0 Å². The van der Waals surface area contributed by atoms with Gasteiger partial charge in [-0.15, -0.1) is 11.8 Å². The smallest absolute Gasteiger partial charge is 0.129 e. The summed E-state index contributed by atoms with van der Waals surface area (Å²) in [4.78, 5) is 1.15. The molecule has 21 heavy (non-hydrogen) atoms. The van der Waals surface area contributed by atoms with Crippen LogP contribution in [0.2, 0.25) is 0 Å². The molecule has 0 radical (unpaired) electrons. The summed E-state index contributed by atoms with van der Waals surface area (Å²) in [6.45, 7) is 0. The van der Waals surface area contributed by atoms with Gasteiger partial charge < -0.3 is 5.32 Å². The molecule has 0 heterocycles. The zero-order valence-corrected chi connectivity index (χ0v) is 14.0. The van der Waals surface area contributed by atoms with Crippen LogP contribution in [0.25, 0.3) is 0 Å². The van der Waals surface area contributed by atoms with E-state index in [0.29, 0.717) is 12.0 Å². The van der Waals surface area contributed by atoms with E-state index in [1.54, 1.807) is 11.8 Å². The minimum absolute atomic E-state index is 0.113. The molecule has 0 aliphatic carbocycles. The van der Waals surface area contributed by atoms with Crippen molar-refractivity contribution in [2.45, 2.75) is 17.4 Å². The lowest BCUT2D eigenvalue weighted by Crippen LogP contribution is -2.30. The molecule has 0 amide bonds. The Morgan fingerprint density at radius 3 is 2.62 bits per heavy atom. The molecular formula is C16H16BrF2NS. The van der Waals surface area contributed by atoms with Crippen molar-refractivity contribution in [1.82, 2.24) is 5.32 Å². The van der Waals surface area contributed by atoms with E-state index in [-0.39, 0.29) is 6.04 Å². The van der Waals surface area contributed by atoms with E-state index in [0.717, 1.165) is 21.2 Å². The summed E-state index contributed by atoms with van der Waals surface area (Å²) in [5.74, 6) is -0.225. The maximum Gasteiger partial charge on any atom is 0.129 e. The molecule has 0 fully saturated rings. The Kier molecular flexibility index (Phi) is 6.21. The van der Waals surface area contributed by atoms with Crippen LogP contribution in [0.5, 0.6) is 0 Å². The fraction of sp³-hybridized carbons (Fsp3) is 0.250. The molecule has 0 spiro atoms. The fourth-order valence-corrected chi connectivity index (χ4v) is 3.62. The van der Waals surface area contributed by atoms with Gasteiger partial charge in [-0.05, 0) is 53.2 Å². The van der Waals surface area contributed by atoms with Gasteiger partial charge in [-0.1, -0.05) is 18.2 Å². The van der Waals surface area contributed by atoms with Gasteiger partial charge in [0.05, 0.1) is 0 Å². The Labute approximate surface area is 136 Å². The van der Waals surface area contributed by atoms with Gasteiger partial charge in [0.1, 0.15) is 11.6 Å². The Morgan fingerprint density at radius 2 is 1.95 bits per heavy atom. The third kappa shape index (κ3) is 4.80. The van der Waals surface area contributed by atoms with Gasteiger partial charge in [-0.25, -0.2) is 8.78 Å². The minimum atomic E-state index is -0.542. The van der Waals surface area contributed by atoms with Gasteiger partial charge in [0.25, 0.3) is 0 Å². The number of thioether (sulfide) groups is 1. The molecule has 2 aromatic carbocycles. The third-order valence-corrected chi connectivity index (χ3v) is 5.36. The van der Waals surface area contributed by atoms with Gasteiger partial charge in [0.15, 0.2) is 0 Å². The van der Waals surface area contributed by atoms with Crippen LogP contribution < -0.4 is 5.32 Å². The van der Waals surface area contributed by atoms with Gasteiger partial charge in [0, 0.05) is 27.2 Å². The van der Waals surface area contributed by atoms with E-state index < -0.39 is 11.6 Å². The topological polar surface area (TPSA) is 12.0 Å². The van der Waals surface area contributed by atoms with Crippen LogP contribution >= 0.6 is 27.7 Å². The first-order valence-corrected chi connectivity index (χ1v) is 8.36. The third-order valence-electron chi connectivity index (χ3n) is 3.17. The van der Waals surface area contributed by atoms with Gasteiger partial charge >= 0.3 is 0 Å². The summed E-state index contributed by atoms with van der Waals surface area (Å²) in [6, 6.07) is 11.9. The molecule has 2 rings (SSSR count). The largest absolute Gasteiger partial charge is 0.316 e. The van der Waals surface area contributed by atoms with Crippen molar-refractivity contribution in [1.29, 1.82) is 0 Å². The van der Waals surface area contributed by atoms with Crippen molar-refractivity contribution in [3.8, 4) is 0 Å². The second kappa shape index (κ2) is 7.92. The molecule has 2 aromatic rings. The van der Waals surface area contributed by atoms with E-state index >= 15 is 0 Å². The van der Waals surface area contributed by atoms with Crippen molar-refractivity contribution >= 4 is 27.7 Å². The number of likely N-dealkylation sites (N-methyl/N-ethyl adjacent to an activating group) is 1. The summed E-state index contributed by atoms with van der Waals surface area (Å²) in [7, 11) is 1.85. The van der Waals surface area contributed by atoms with Crippen molar-refractivity contribution in [3.05, 3.63) is 64.1 Å². The highest BCUT2D eigenvalue weighted by Gasteiger charge is 2.12. The second-order valence-electron chi connectivity index (χ2n) is 4.67. The number of nitrogens with one attached hydrogen (secondary N) is 1. The highest BCUT2D eigenvalue weighted by Crippen LogP contribution is 2.28. The lowest BCUT2D eigenvalue weighted by molar-refractivity contribution is 0.550. The highest BCUT2D eigenvalue weighted by molar-refractivity contribution is 9.10. The number of halogens is 3. The second-order valence-corrected chi connectivity index (χ2v) is 6.58. The number of benzene rings is 2. The standard InChI is InChI=1S/C16H16BrF2NS/c1-20-13(8-11-6-7-12(18)9-15(11)19)10-21-16-5-3-2-4-14(16)17/h2-7,9,13,20H,8,10H2,1H3. The first kappa shape index (κ1) is 16.5. The molecule has 1 unspecified atom stereocenters. The van der Waals surface area contributed by atoms with Crippen LogP contribution in [0, 0.1) is 11.6 Å². The van der Waals surface area contributed by atoms with Crippen molar-refractivity contribution < 1.29 is 8.78 Å². The quantitative estimate of drug-likeness (QED) is 0.741. The first-order chi connectivity index (χ1) is 10.1. The van der Waals surface area contributed by atoms with Gasteiger partial charge in [0.2, 0.25) is 0 Å². The van der Waals surface area contributed by atoms with Crippen LogP contribution in [0.3, 0.4) is 0 Å². The van der Waals surface area contributed by atoms with Crippen LogP contribution in [0.4, 0.5) is 8.78 Å². The lowest BCUT2D eigenvalue weighted by Gasteiger charge is -2.16. The average molecular weight is 372 g/mol. The number of hydrogen-bond acceptors (Lipinski definition) is 2. The predicted octanol–water partition coefficient (Wildman–Crippen LogP) is 4.65. The predicted molar refractivity (Wildman–Crippen MR) is 87.8 cm³/mol. The molecule has 0 aliphatic heterocycles. The van der Waals surface area contributed by atoms with Crippen LogP contribution in [0.15, 0.2) is 51.8 Å². The Balaban J connectivity index is 1.99. The van der Waals surface area contributed by atoms with Crippen molar-refractivity contribution in [2.24, 2.45) is 0 Å². The number of hydrogen-bond donors (Lipinski definition) is 1. The maximum atomic E-state index is 13.7. The summed E-state index contributed by atoms with van der Waals surface area (Å²) < 4.78 is 27.7. The van der Waals surface area contributed by atoms with E-state index in [2.05, 4.69) is 21.2 Å². The zero-order chi connectivity index (χ0) is 15.2. The molecule has 112 valence electrons. The summed E-state index contributed by atoms with van der Waals surface area (Å²) >= 11 is 5.21. The van der Waals surface area contributed by atoms with Crippen molar-refractivity contribution in [3.63, 3.8) is 0 Å². The fourth-order valence-electron chi connectivity index (χ4n) is 1.95. The normalized spacial score (nSPS) is 12.4. The molecule has 1 atom stereocenters. The molecular weight excluding hydrogens is 356 g/mol.